The maximum absolute atomic E-state index is 9.60. The van der Waals surface area contributed by atoms with Gasteiger partial charge in [-0.3, -0.25) is 0 Å². The summed E-state index contributed by atoms with van der Waals surface area (Å²) in [6, 6.07) is 0. The lowest BCUT2D eigenvalue weighted by atomic mass is 9.93. The molecule has 0 aromatic heterocycles. The van der Waals surface area contributed by atoms with Crippen molar-refractivity contribution < 1.29 is 5.11 Å². The molecule has 0 saturated heterocycles. The lowest BCUT2D eigenvalue weighted by Gasteiger charge is -2.23. The van der Waals surface area contributed by atoms with Gasteiger partial charge < -0.3 is 10.4 Å². The van der Waals surface area contributed by atoms with Crippen molar-refractivity contribution >= 4 is 0 Å². The molecule has 0 unspecified atom stereocenters. The SMILES string of the molecule is C=C(NCCCC1(O)CC1)C(C)(C)C. The monoisotopic (exact) mass is 197 g/mol. The van der Waals surface area contributed by atoms with E-state index in [-0.39, 0.29) is 11.0 Å². The average molecular weight is 197 g/mol. The van der Waals surface area contributed by atoms with Gasteiger partial charge in [0.15, 0.2) is 0 Å². The molecule has 14 heavy (non-hydrogen) atoms. The summed E-state index contributed by atoms with van der Waals surface area (Å²) >= 11 is 0. The van der Waals surface area contributed by atoms with Gasteiger partial charge >= 0.3 is 0 Å². The van der Waals surface area contributed by atoms with Crippen molar-refractivity contribution in [1.82, 2.24) is 5.32 Å². The number of allylic oxidation sites excluding steroid dienone is 1. The molecule has 0 atom stereocenters. The fourth-order valence-corrected chi connectivity index (χ4v) is 1.32. The Kier molecular flexibility index (Phi) is 3.25. The van der Waals surface area contributed by atoms with Crippen molar-refractivity contribution in [3.05, 3.63) is 12.3 Å². The highest BCUT2D eigenvalue weighted by Crippen LogP contribution is 2.39. The van der Waals surface area contributed by atoms with Crippen molar-refractivity contribution in [2.75, 3.05) is 6.54 Å². The third-order valence-corrected chi connectivity index (χ3v) is 2.89. The van der Waals surface area contributed by atoms with E-state index in [0.717, 1.165) is 37.9 Å². The second kappa shape index (κ2) is 3.93. The van der Waals surface area contributed by atoms with Crippen molar-refractivity contribution in [1.29, 1.82) is 0 Å². The van der Waals surface area contributed by atoms with Crippen LogP contribution in [-0.4, -0.2) is 17.3 Å². The Morgan fingerprint density at radius 1 is 1.43 bits per heavy atom. The molecule has 0 bridgehead atoms. The predicted octanol–water partition coefficient (Wildman–Crippen LogP) is 2.44. The Hall–Kier alpha value is -0.500. The molecule has 2 heteroatoms. The maximum Gasteiger partial charge on any atom is 0.0650 e. The topological polar surface area (TPSA) is 32.3 Å². The molecule has 1 rings (SSSR count). The highest BCUT2D eigenvalue weighted by Gasteiger charge is 2.39. The highest BCUT2D eigenvalue weighted by atomic mass is 16.3. The molecule has 1 saturated carbocycles. The Bertz CT molecular complexity index is 211. The van der Waals surface area contributed by atoms with Crippen LogP contribution in [0.15, 0.2) is 12.3 Å². The van der Waals surface area contributed by atoms with Crippen LogP contribution in [0.4, 0.5) is 0 Å². The standard InChI is InChI=1S/C12H23NO/c1-10(11(2,3)4)13-9-5-6-12(14)7-8-12/h13-14H,1,5-9H2,2-4H3. The highest BCUT2D eigenvalue weighted by molar-refractivity contribution is 5.02. The minimum Gasteiger partial charge on any atom is -0.390 e. The number of hydrogen-bond acceptors (Lipinski definition) is 2. The molecule has 2 nitrogen and oxygen atoms in total. The zero-order chi connectivity index (χ0) is 10.8. The first kappa shape index (κ1) is 11.6. The number of aliphatic hydroxyl groups is 1. The van der Waals surface area contributed by atoms with Crippen LogP contribution in [-0.2, 0) is 0 Å². The largest absolute Gasteiger partial charge is 0.390 e. The molecule has 1 aliphatic carbocycles. The summed E-state index contributed by atoms with van der Waals surface area (Å²) in [6.07, 6.45) is 3.95. The Morgan fingerprint density at radius 2 is 2.00 bits per heavy atom. The van der Waals surface area contributed by atoms with Gasteiger partial charge in [0.05, 0.1) is 5.60 Å². The summed E-state index contributed by atoms with van der Waals surface area (Å²) in [4.78, 5) is 0. The van der Waals surface area contributed by atoms with Gasteiger partial charge in [-0.2, -0.15) is 0 Å². The first-order valence-electron chi connectivity index (χ1n) is 5.49. The summed E-state index contributed by atoms with van der Waals surface area (Å²) < 4.78 is 0. The molecule has 0 aromatic carbocycles. The van der Waals surface area contributed by atoms with E-state index >= 15 is 0 Å². The van der Waals surface area contributed by atoms with E-state index in [9.17, 15) is 5.11 Å². The molecule has 0 amide bonds. The van der Waals surface area contributed by atoms with Gasteiger partial charge in [0.25, 0.3) is 0 Å². The number of hydrogen-bond donors (Lipinski definition) is 2. The summed E-state index contributed by atoms with van der Waals surface area (Å²) in [5.41, 5.74) is 0.918. The minimum atomic E-state index is -0.301. The lowest BCUT2D eigenvalue weighted by Crippen LogP contribution is -2.25. The van der Waals surface area contributed by atoms with Gasteiger partial charge in [-0.1, -0.05) is 27.4 Å². The van der Waals surface area contributed by atoms with E-state index in [2.05, 4.69) is 32.7 Å². The van der Waals surface area contributed by atoms with Crippen LogP contribution in [0.3, 0.4) is 0 Å². The van der Waals surface area contributed by atoms with Gasteiger partial charge in [0.1, 0.15) is 0 Å². The van der Waals surface area contributed by atoms with Gasteiger partial charge in [-0.25, -0.2) is 0 Å². The first-order chi connectivity index (χ1) is 6.33. The van der Waals surface area contributed by atoms with Crippen molar-refractivity contribution in [3.8, 4) is 0 Å². The number of nitrogens with one attached hydrogen (secondary N) is 1. The van der Waals surface area contributed by atoms with E-state index in [1.165, 1.54) is 0 Å². The van der Waals surface area contributed by atoms with E-state index in [4.69, 9.17) is 0 Å². The predicted molar refractivity (Wildman–Crippen MR) is 60.0 cm³/mol. The smallest absolute Gasteiger partial charge is 0.0650 e. The zero-order valence-electron chi connectivity index (χ0n) is 9.69. The van der Waals surface area contributed by atoms with Crippen LogP contribution in [0, 0.1) is 5.41 Å². The zero-order valence-corrected chi connectivity index (χ0v) is 9.69. The Morgan fingerprint density at radius 3 is 2.43 bits per heavy atom. The number of rotatable bonds is 5. The van der Waals surface area contributed by atoms with Gasteiger partial charge in [0, 0.05) is 17.7 Å². The quantitative estimate of drug-likeness (QED) is 0.663. The van der Waals surface area contributed by atoms with Gasteiger partial charge in [-0.15, -0.1) is 0 Å². The molecular weight excluding hydrogens is 174 g/mol. The van der Waals surface area contributed by atoms with Crippen LogP contribution in [0.2, 0.25) is 0 Å². The molecule has 0 aliphatic heterocycles. The van der Waals surface area contributed by atoms with Crippen LogP contribution < -0.4 is 5.32 Å². The van der Waals surface area contributed by atoms with E-state index in [1.54, 1.807) is 0 Å². The first-order valence-corrected chi connectivity index (χ1v) is 5.49. The molecule has 1 fully saturated rings. The second-order valence-corrected chi connectivity index (χ2v) is 5.48. The van der Waals surface area contributed by atoms with Crippen molar-refractivity contribution in [3.63, 3.8) is 0 Å². The summed E-state index contributed by atoms with van der Waals surface area (Å²) in [7, 11) is 0. The van der Waals surface area contributed by atoms with Crippen molar-refractivity contribution in [2.45, 2.75) is 52.1 Å². The van der Waals surface area contributed by atoms with Crippen molar-refractivity contribution in [2.24, 2.45) is 5.41 Å². The summed E-state index contributed by atoms with van der Waals surface area (Å²) in [5, 5.41) is 12.9. The Balaban J connectivity index is 2.06. The lowest BCUT2D eigenvalue weighted by molar-refractivity contribution is 0.137. The molecule has 0 spiro atoms. The molecule has 0 aromatic rings. The average Bonchev–Trinajstić information content (AvgIpc) is 2.76. The van der Waals surface area contributed by atoms with E-state index in [0.29, 0.717) is 0 Å². The third-order valence-electron chi connectivity index (χ3n) is 2.89. The minimum absolute atomic E-state index is 0.135. The Labute approximate surface area is 87.4 Å². The normalized spacial score (nSPS) is 19.1. The van der Waals surface area contributed by atoms with Gasteiger partial charge in [0.2, 0.25) is 0 Å². The summed E-state index contributed by atoms with van der Waals surface area (Å²) in [6.45, 7) is 11.4. The van der Waals surface area contributed by atoms with Crippen LogP contribution in [0.25, 0.3) is 0 Å². The molecule has 0 radical (unpaired) electrons. The third kappa shape index (κ3) is 3.70. The van der Waals surface area contributed by atoms with E-state index < -0.39 is 0 Å². The summed E-state index contributed by atoms with van der Waals surface area (Å²) in [5.74, 6) is 0. The molecule has 1 aliphatic rings. The van der Waals surface area contributed by atoms with Gasteiger partial charge in [-0.05, 0) is 25.7 Å². The maximum atomic E-state index is 9.60. The van der Waals surface area contributed by atoms with Crippen LogP contribution >= 0.6 is 0 Å². The molecular formula is C12H23NO. The fraction of sp³-hybridized carbons (Fsp3) is 0.833. The van der Waals surface area contributed by atoms with Crippen LogP contribution in [0.1, 0.15) is 46.5 Å². The fourth-order valence-electron chi connectivity index (χ4n) is 1.32. The molecule has 0 heterocycles. The van der Waals surface area contributed by atoms with Crippen LogP contribution in [0.5, 0.6) is 0 Å². The van der Waals surface area contributed by atoms with E-state index in [1.807, 2.05) is 0 Å². The molecule has 2 N–H and O–H groups in total. The molecule has 82 valence electrons. The second-order valence-electron chi connectivity index (χ2n) is 5.48.